The van der Waals surface area contributed by atoms with Gasteiger partial charge in [0, 0.05) is 77.6 Å². The Morgan fingerprint density at radius 2 is 0.975 bits per heavy atom. The zero-order chi connectivity index (χ0) is 54.8. The second-order valence-electron chi connectivity index (χ2n) is 24.7. The number of aromatic nitrogens is 2. The van der Waals surface area contributed by atoms with Crippen LogP contribution in [0.2, 0.25) is 0 Å². The molecule has 0 fully saturated rings. The quantitative estimate of drug-likeness (QED) is 0.114. The minimum atomic E-state index is -0.511. The SMILES string of the molecule is CC(C)(C)c1cccc(N2[CH-]N(c3[c-]c(Oc4[c-]c5c(c(C(C)(C)C)c4)c4ccccc4n5-c4cc(C(C)(C)c5ccccc5)ccn4)cc(-c4ccccc4)c3)C(C(C)(C)c3ccccc3)=C2C(C)(C)c2ccccc2)c1.[Pt]. The maximum absolute atomic E-state index is 7.33. The number of rotatable bonds is 12. The van der Waals surface area contributed by atoms with Gasteiger partial charge >= 0.3 is 0 Å². The molecule has 8 aromatic carbocycles. The van der Waals surface area contributed by atoms with Crippen molar-refractivity contribution >= 4 is 33.2 Å². The van der Waals surface area contributed by atoms with E-state index in [1.807, 2.05) is 6.20 Å². The van der Waals surface area contributed by atoms with Crippen LogP contribution < -0.4 is 14.5 Å². The second-order valence-corrected chi connectivity index (χ2v) is 24.7. The first-order valence-corrected chi connectivity index (χ1v) is 27.4. The number of allylic oxidation sites excluding steroid dienone is 2. The number of para-hydroxylation sites is 1. The van der Waals surface area contributed by atoms with Crippen LogP contribution in [0.25, 0.3) is 38.8 Å². The minimum absolute atomic E-state index is 0. The van der Waals surface area contributed by atoms with Gasteiger partial charge in [0.1, 0.15) is 5.82 Å². The molecule has 0 atom stereocenters. The van der Waals surface area contributed by atoms with Crippen LogP contribution in [-0.4, -0.2) is 9.55 Å². The van der Waals surface area contributed by atoms with Crippen molar-refractivity contribution in [2.75, 3.05) is 9.80 Å². The molecule has 2 aromatic heterocycles. The van der Waals surface area contributed by atoms with E-state index < -0.39 is 10.8 Å². The molecule has 0 amide bonds. The predicted octanol–water partition coefficient (Wildman–Crippen LogP) is 18.8. The average molecular weight is 1220 g/mol. The number of fused-ring (bicyclic) bond motifs is 3. The van der Waals surface area contributed by atoms with Gasteiger partial charge in [-0.2, -0.15) is 0 Å². The van der Waals surface area contributed by atoms with Crippen molar-refractivity contribution in [1.29, 1.82) is 0 Å². The average Bonchev–Trinajstić information content (AvgIpc) is 3.73. The third kappa shape index (κ3) is 10.3. The molecular weight excluding hydrogens is 1140 g/mol. The summed E-state index contributed by atoms with van der Waals surface area (Å²) in [6, 6.07) is 79.6. The van der Waals surface area contributed by atoms with E-state index in [4.69, 9.17) is 9.72 Å². The van der Waals surface area contributed by atoms with Crippen LogP contribution in [0, 0.1) is 18.8 Å². The molecular formula is C73H71N4OPt-3. The molecule has 0 unspecified atom stereocenters. The summed E-state index contributed by atoms with van der Waals surface area (Å²) in [6.07, 6.45) is 1.94. The Hall–Kier alpha value is -7.46. The van der Waals surface area contributed by atoms with Crippen molar-refractivity contribution < 1.29 is 25.8 Å². The van der Waals surface area contributed by atoms with E-state index in [2.05, 4.69) is 316 Å². The largest absolute Gasteiger partial charge is 0.509 e. The van der Waals surface area contributed by atoms with Gasteiger partial charge in [-0.1, -0.05) is 246 Å². The van der Waals surface area contributed by atoms with Crippen molar-refractivity contribution in [3.05, 3.63) is 270 Å². The number of ether oxygens (including phenoxy) is 1. The molecule has 5 nitrogen and oxygen atoms in total. The van der Waals surface area contributed by atoms with Gasteiger partial charge in [-0.05, 0) is 79.9 Å². The molecule has 79 heavy (non-hydrogen) atoms. The standard InChI is InChI=1S/C73H71N4O.Pt/c1-69(2,3)55-36-27-37-57(44-55)75-49-76(68(73(11,12)54-34-23-16-24-35-54)67(75)72(9,10)53-32-21-15-22-33-53)58-42-51(50-28-17-13-18-29-50)43-59(46-58)78-60-47-62(70(4,5)6)66-61-38-25-26-39-63(61)77(64(66)48-60)65-45-56(40-41-74-65)71(7,8)52-30-19-14-20-31-52;/h13-45,47,49H,1-12H3;/q-3;. The van der Waals surface area contributed by atoms with Gasteiger partial charge in [0.2, 0.25) is 0 Å². The first kappa shape index (κ1) is 54.9. The van der Waals surface area contributed by atoms with Crippen LogP contribution >= 0.6 is 0 Å². The second kappa shape index (κ2) is 21.0. The monoisotopic (exact) mass is 1210 g/mol. The first-order chi connectivity index (χ1) is 37.2. The summed E-state index contributed by atoms with van der Waals surface area (Å²) in [5, 5.41) is 2.28. The number of hydrogen-bond donors (Lipinski definition) is 0. The van der Waals surface area contributed by atoms with Gasteiger partial charge < -0.3 is 19.1 Å². The summed E-state index contributed by atoms with van der Waals surface area (Å²) in [7, 11) is 0. The van der Waals surface area contributed by atoms with Crippen molar-refractivity contribution in [2.24, 2.45) is 0 Å². The van der Waals surface area contributed by atoms with E-state index in [0.717, 1.165) is 61.4 Å². The number of nitrogens with zero attached hydrogens (tertiary/aromatic N) is 4. The molecule has 1 aliphatic rings. The molecule has 10 aromatic rings. The molecule has 0 saturated heterocycles. The van der Waals surface area contributed by atoms with E-state index >= 15 is 0 Å². The molecule has 6 heteroatoms. The smallest absolute Gasteiger partial charge is 0.135 e. The molecule has 402 valence electrons. The van der Waals surface area contributed by atoms with Gasteiger partial charge in [-0.15, -0.1) is 53.8 Å². The third-order valence-electron chi connectivity index (χ3n) is 16.2. The Morgan fingerprint density at radius 1 is 0.443 bits per heavy atom. The maximum atomic E-state index is 7.33. The van der Waals surface area contributed by atoms with Crippen LogP contribution in [-0.2, 0) is 48.1 Å². The molecule has 1 aliphatic heterocycles. The molecule has 11 rings (SSSR count). The summed E-state index contributed by atoms with van der Waals surface area (Å²) in [6.45, 7) is 30.0. The number of pyridine rings is 1. The van der Waals surface area contributed by atoms with Crippen molar-refractivity contribution in [3.8, 4) is 28.4 Å². The molecule has 0 radical (unpaired) electrons. The Bertz CT molecular complexity index is 3840. The Kier molecular flexibility index (Phi) is 14.6. The van der Waals surface area contributed by atoms with Gasteiger partial charge in [0.15, 0.2) is 0 Å². The number of benzene rings is 8. The van der Waals surface area contributed by atoms with Crippen LogP contribution in [0.3, 0.4) is 0 Å². The van der Waals surface area contributed by atoms with E-state index in [1.54, 1.807) is 0 Å². The normalized spacial score (nSPS) is 13.6. The number of anilines is 2. The Morgan fingerprint density at radius 3 is 1.57 bits per heavy atom. The van der Waals surface area contributed by atoms with Crippen LogP contribution in [0.15, 0.2) is 218 Å². The third-order valence-corrected chi connectivity index (χ3v) is 16.2. The fourth-order valence-corrected chi connectivity index (χ4v) is 11.6. The fourth-order valence-electron chi connectivity index (χ4n) is 11.6. The zero-order valence-electron chi connectivity index (χ0n) is 47.7. The first-order valence-electron chi connectivity index (χ1n) is 27.4. The van der Waals surface area contributed by atoms with E-state index in [-0.39, 0.29) is 37.3 Å². The fraction of sp³-hybridized carbons (Fsp3) is 0.233. The molecule has 0 N–H and O–H groups in total. The maximum Gasteiger partial charge on any atom is 0.135 e. The van der Waals surface area contributed by atoms with Crippen LogP contribution in [0.1, 0.15) is 116 Å². The van der Waals surface area contributed by atoms with Crippen molar-refractivity contribution in [2.45, 2.75) is 110 Å². The molecule has 0 spiro atoms. The summed E-state index contributed by atoms with van der Waals surface area (Å²) in [5.41, 5.74) is 14.0. The Labute approximate surface area is 483 Å². The van der Waals surface area contributed by atoms with Gasteiger partial charge in [-0.3, -0.25) is 0 Å². The summed E-state index contributed by atoms with van der Waals surface area (Å²) < 4.78 is 9.60. The number of hydrogen-bond acceptors (Lipinski definition) is 4. The zero-order valence-corrected chi connectivity index (χ0v) is 50.0. The van der Waals surface area contributed by atoms with E-state index in [1.165, 1.54) is 33.5 Å². The van der Waals surface area contributed by atoms with Gasteiger partial charge in [0.05, 0.1) is 0 Å². The summed E-state index contributed by atoms with van der Waals surface area (Å²) in [4.78, 5) is 9.93. The van der Waals surface area contributed by atoms with Crippen molar-refractivity contribution in [1.82, 2.24) is 9.55 Å². The van der Waals surface area contributed by atoms with Crippen molar-refractivity contribution in [3.63, 3.8) is 0 Å². The van der Waals surface area contributed by atoms with Gasteiger partial charge in [0.25, 0.3) is 0 Å². The van der Waals surface area contributed by atoms with E-state index in [9.17, 15) is 0 Å². The molecule has 0 bridgehead atoms. The summed E-state index contributed by atoms with van der Waals surface area (Å²) in [5.74, 6) is 2.01. The topological polar surface area (TPSA) is 33.5 Å². The molecule has 3 heterocycles. The molecule has 0 saturated carbocycles. The van der Waals surface area contributed by atoms with E-state index in [0.29, 0.717) is 11.5 Å². The van der Waals surface area contributed by atoms with Gasteiger partial charge in [-0.25, -0.2) is 4.98 Å². The minimum Gasteiger partial charge on any atom is -0.509 e. The predicted molar refractivity (Wildman–Crippen MR) is 326 cm³/mol. The summed E-state index contributed by atoms with van der Waals surface area (Å²) >= 11 is 0. The Balaban J connectivity index is 0.00000704. The van der Waals surface area contributed by atoms with Crippen LogP contribution in [0.4, 0.5) is 11.4 Å². The molecule has 0 aliphatic carbocycles. The van der Waals surface area contributed by atoms with Crippen LogP contribution in [0.5, 0.6) is 11.5 Å².